The molecule has 1 saturated carbocycles. The van der Waals surface area contributed by atoms with E-state index in [1.807, 2.05) is 18.2 Å². The molecule has 0 aromatic heterocycles. The van der Waals surface area contributed by atoms with E-state index in [-0.39, 0.29) is 18.4 Å². The second-order valence-electron chi connectivity index (χ2n) is 8.36. The van der Waals surface area contributed by atoms with Gasteiger partial charge in [0, 0.05) is 6.42 Å². The second kappa shape index (κ2) is 15.8. The van der Waals surface area contributed by atoms with Gasteiger partial charge < -0.3 is 15.3 Å². The van der Waals surface area contributed by atoms with Crippen molar-refractivity contribution in [2.45, 2.75) is 109 Å². The Balaban J connectivity index is 2.32. The minimum atomic E-state index is -0.794. The minimum absolute atomic E-state index is 0.128. The van der Waals surface area contributed by atoms with Crippen molar-refractivity contribution in [3.8, 4) is 0 Å². The lowest BCUT2D eigenvalue weighted by Crippen LogP contribution is -2.30. The van der Waals surface area contributed by atoms with Crippen molar-refractivity contribution in [1.82, 2.24) is 0 Å². The number of rotatable bonds is 15. The van der Waals surface area contributed by atoms with Crippen LogP contribution in [0.1, 0.15) is 96.8 Å². The smallest absolute Gasteiger partial charge is 0.303 e. The molecule has 28 heavy (non-hydrogen) atoms. The zero-order chi connectivity index (χ0) is 20.6. The number of unbranched alkanes of at least 4 members (excludes halogenated alkanes) is 5. The number of aliphatic hydroxyl groups excluding tert-OH is 2. The maximum atomic E-state index is 10.7. The van der Waals surface area contributed by atoms with Gasteiger partial charge in [-0.25, -0.2) is 0 Å². The summed E-state index contributed by atoms with van der Waals surface area (Å²) in [5.41, 5.74) is 0. The Morgan fingerprint density at radius 2 is 1.68 bits per heavy atom. The van der Waals surface area contributed by atoms with E-state index in [9.17, 15) is 15.0 Å². The predicted octanol–water partition coefficient (Wildman–Crippen LogP) is 5.63. The molecule has 0 saturated heterocycles. The summed E-state index contributed by atoms with van der Waals surface area (Å²) in [5.74, 6) is -0.230. The summed E-state index contributed by atoms with van der Waals surface area (Å²) in [6.07, 6.45) is 21.0. The first-order valence-corrected chi connectivity index (χ1v) is 11.5. The third-order valence-electron chi connectivity index (χ3n) is 5.92. The molecule has 0 spiro atoms. The van der Waals surface area contributed by atoms with Crippen LogP contribution >= 0.6 is 0 Å². The van der Waals surface area contributed by atoms with E-state index in [4.69, 9.17) is 5.11 Å². The average Bonchev–Trinajstić information content (AvgIpc) is 2.68. The summed E-state index contributed by atoms with van der Waals surface area (Å²) in [4.78, 5) is 10.7. The van der Waals surface area contributed by atoms with Gasteiger partial charge in [-0.1, -0.05) is 82.6 Å². The van der Waals surface area contributed by atoms with Crippen molar-refractivity contribution in [3.63, 3.8) is 0 Å². The van der Waals surface area contributed by atoms with Crippen LogP contribution in [0, 0.1) is 11.8 Å². The van der Waals surface area contributed by atoms with Gasteiger partial charge >= 0.3 is 5.97 Å². The SMILES string of the molecule is CCCCCCCCC(O)/C=C/C=C/[C@H]1CCCC[C@H]1C(O)CCCC(=O)O. The maximum Gasteiger partial charge on any atom is 0.303 e. The van der Waals surface area contributed by atoms with Gasteiger partial charge in [0.05, 0.1) is 12.2 Å². The topological polar surface area (TPSA) is 77.8 Å². The standard InChI is InChI=1S/C24H42O4/c1-2-3-4-5-6-7-15-21(25)16-10-8-13-20-14-9-11-17-22(20)23(26)18-12-19-24(27)28/h8,10,13,16,20-23,25-26H,2-7,9,11-12,14-15,17-19H2,1H3,(H,27,28)/b13-8+,16-10+/t20-,21?,22+,23?/m0/s1. The van der Waals surface area contributed by atoms with Crippen LogP contribution in [-0.4, -0.2) is 33.5 Å². The zero-order valence-electron chi connectivity index (χ0n) is 17.8. The highest BCUT2D eigenvalue weighted by Gasteiger charge is 2.28. The van der Waals surface area contributed by atoms with Crippen LogP contribution in [0.3, 0.4) is 0 Å². The maximum absolute atomic E-state index is 10.7. The molecule has 1 aliphatic rings. The largest absolute Gasteiger partial charge is 0.481 e. The summed E-state index contributed by atoms with van der Waals surface area (Å²) < 4.78 is 0. The van der Waals surface area contributed by atoms with Gasteiger partial charge in [0.1, 0.15) is 0 Å². The Hall–Kier alpha value is -1.13. The van der Waals surface area contributed by atoms with E-state index in [2.05, 4.69) is 13.0 Å². The van der Waals surface area contributed by atoms with E-state index in [1.165, 1.54) is 38.5 Å². The van der Waals surface area contributed by atoms with Gasteiger partial charge in [-0.2, -0.15) is 0 Å². The monoisotopic (exact) mass is 394 g/mol. The molecule has 0 aliphatic heterocycles. The van der Waals surface area contributed by atoms with Crippen LogP contribution in [-0.2, 0) is 4.79 Å². The average molecular weight is 395 g/mol. The van der Waals surface area contributed by atoms with Crippen molar-refractivity contribution >= 4 is 5.97 Å². The minimum Gasteiger partial charge on any atom is -0.481 e. The molecule has 2 unspecified atom stereocenters. The lowest BCUT2D eigenvalue weighted by atomic mass is 9.75. The van der Waals surface area contributed by atoms with Crippen molar-refractivity contribution in [3.05, 3.63) is 24.3 Å². The lowest BCUT2D eigenvalue weighted by Gasteiger charge is -2.33. The molecule has 0 heterocycles. The number of carbonyl (C=O) groups is 1. The summed E-state index contributed by atoms with van der Waals surface area (Å²) in [5, 5.41) is 29.3. The highest BCUT2D eigenvalue weighted by atomic mass is 16.4. The second-order valence-corrected chi connectivity index (χ2v) is 8.36. The number of aliphatic carboxylic acids is 1. The number of carboxylic acids is 1. The Bertz CT molecular complexity index is 458. The summed E-state index contributed by atoms with van der Waals surface area (Å²) in [7, 11) is 0. The highest BCUT2D eigenvalue weighted by Crippen LogP contribution is 2.34. The van der Waals surface area contributed by atoms with Crippen LogP contribution in [0.4, 0.5) is 0 Å². The van der Waals surface area contributed by atoms with Gasteiger partial charge in [-0.05, 0) is 43.9 Å². The van der Waals surface area contributed by atoms with Crippen molar-refractivity contribution in [1.29, 1.82) is 0 Å². The third-order valence-corrected chi connectivity index (χ3v) is 5.92. The normalized spacial score (nSPS) is 22.7. The van der Waals surface area contributed by atoms with Gasteiger partial charge in [0.25, 0.3) is 0 Å². The Morgan fingerprint density at radius 1 is 0.964 bits per heavy atom. The number of hydrogen-bond acceptors (Lipinski definition) is 3. The molecule has 0 amide bonds. The van der Waals surface area contributed by atoms with Crippen LogP contribution in [0.5, 0.6) is 0 Å². The van der Waals surface area contributed by atoms with Gasteiger partial charge in [-0.15, -0.1) is 0 Å². The number of allylic oxidation sites excluding steroid dienone is 3. The van der Waals surface area contributed by atoms with E-state index in [0.717, 1.165) is 32.1 Å². The molecule has 4 atom stereocenters. The van der Waals surface area contributed by atoms with E-state index in [0.29, 0.717) is 18.8 Å². The van der Waals surface area contributed by atoms with Crippen molar-refractivity contribution in [2.75, 3.05) is 0 Å². The first-order valence-electron chi connectivity index (χ1n) is 11.5. The highest BCUT2D eigenvalue weighted by molar-refractivity contribution is 5.66. The Labute approximate surface area is 171 Å². The van der Waals surface area contributed by atoms with Crippen molar-refractivity contribution in [2.24, 2.45) is 11.8 Å². The predicted molar refractivity (Wildman–Crippen MR) is 115 cm³/mol. The molecule has 4 nitrogen and oxygen atoms in total. The molecule has 1 rings (SSSR count). The van der Waals surface area contributed by atoms with E-state index < -0.39 is 12.1 Å². The first kappa shape index (κ1) is 24.9. The van der Waals surface area contributed by atoms with Crippen LogP contribution in [0.2, 0.25) is 0 Å². The van der Waals surface area contributed by atoms with Crippen LogP contribution in [0.25, 0.3) is 0 Å². The van der Waals surface area contributed by atoms with Crippen molar-refractivity contribution < 1.29 is 20.1 Å². The van der Waals surface area contributed by atoms with Gasteiger partial charge in [-0.3, -0.25) is 4.79 Å². The number of hydrogen-bond donors (Lipinski definition) is 3. The van der Waals surface area contributed by atoms with Gasteiger partial charge in [0.15, 0.2) is 0 Å². The van der Waals surface area contributed by atoms with Gasteiger partial charge in [0.2, 0.25) is 0 Å². The molecular weight excluding hydrogens is 352 g/mol. The molecule has 0 bridgehead atoms. The molecule has 3 N–H and O–H groups in total. The zero-order valence-corrected chi connectivity index (χ0v) is 17.8. The molecule has 0 radical (unpaired) electrons. The molecule has 162 valence electrons. The summed E-state index contributed by atoms with van der Waals surface area (Å²) in [6.45, 7) is 2.22. The first-order chi connectivity index (χ1) is 13.5. The summed E-state index contributed by atoms with van der Waals surface area (Å²) in [6, 6.07) is 0. The number of aliphatic hydroxyl groups is 2. The van der Waals surface area contributed by atoms with Crippen LogP contribution < -0.4 is 0 Å². The summed E-state index contributed by atoms with van der Waals surface area (Å²) >= 11 is 0. The number of carboxylic acid groups (broad SMARTS) is 1. The fraction of sp³-hybridized carbons (Fsp3) is 0.792. The Morgan fingerprint density at radius 3 is 2.43 bits per heavy atom. The fourth-order valence-corrected chi connectivity index (χ4v) is 4.21. The van der Waals surface area contributed by atoms with Crippen LogP contribution in [0.15, 0.2) is 24.3 Å². The van der Waals surface area contributed by atoms with E-state index in [1.54, 1.807) is 0 Å². The lowest BCUT2D eigenvalue weighted by molar-refractivity contribution is -0.137. The fourth-order valence-electron chi connectivity index (χ4n) is 4.21. The molecule has 1 fully saturated rings. The van der Waals surface area contributed by atoms with E-state index >= 15 is 0 Å². The molecular formula is C24H42O4. The molecule has 0 aromatic carbocycles. The quantitative estimate of drug-likeness (QED) is 0.248. The third kappa shape index (κ3) is 11.7. The molecule has 1 aliphatic carbocycles. The molecule has 4 heteroatoms. The Kier molecular flexibility index (Phi) is 14.0. The molecule has 0 aromatic rings.